The molecule has 2 aliphatic heterocycles. The van der Waals surface area contributed by atoms with Crippen LogP contribution in [-0.4, -0.2) is 24.0 Å². The number of hydrogen-bond donors (Lipinski definition) is 0. The second-order valence-electron chi connectivity index (χ2n) is 9.59. The maximum absolute atomic E-state index is 6.44. The molecule has 172 valence electrons. The standard InChI is InChI=1S/C31H31NOS/c1-22-8-7-18-32(22)19-17-26-20-24-11-6-10-23(31(24)33-26)15-16-28-27-12-3-2-9-25(27)21-34-30-14-5-4-13-29(28)30/h2-6,9-14,16,20,22H,7-8,15,17-19,21H2,1H3/t22-/m1/s1. The molecule has 0 aliphatic carbocycles. The molecule has 1 atom stereocenters. The Morgan fingerprint density at radius 2 is 1.85 bits per heavy atom. The summed E-state index contributed by atoms with van der Waals surface area (Å²) in [4.78, 5) is 3.96. The molecule has 4 aromatic rings. The third kappa shape index (κ3) is 4.23. The monoisotopic (exact) mass is 465 g/mol. The van der Waals surface area contributed by atoms with Gasteiger partial charge in [-0.25, -0.2) is 0 Å². The number of nitrogens with zero attached hydrogens (tertiary/aromatic N) is 1. The average Bonchev–Trinajstić information content (AvgIpc) is 3.44. The Hall–Kier alpha value is -2.75. The van der Waals surface area contributed by atoms with E-state index >= 15 is 0 Å². The number of rotatable bonds is 5. The predicted molar refractivity (Wildman–Crippen MR) is 143 cm³/mol. The molecule has 2 aliphatic rings. The van der Waals surface area contributed by atoms with Gasteiger partial charge in [0.1, 0.15) is 11.3 Å². The molecule has 6 rings (SSSR count). The highest BCUT2D eigenvalue weighted by molar-refractivity contribution is 7.98. The Bertz CT molecular complexity index is 1300. The first-order chi connectivity index (χ1) is 16.8. The predicted octanol–water partition coefficient (Wildman–Crippen LogP) is 7.74. The number of benzene rings is 3. The van der Waals surface area contributed by atoms with Gasteiger partial charge in [0.25, 0.3) is 0 Å². The molecule has 0 amide bonds. The fraction of sp³-hybridized carbons (Fsp3) is 0.290. The maximum Gasteiger partial charge on any atom is 0.137 e. The van der Waals surface area contributed by atoms with Crippen molar-refractivity contribution >= 4 is 28.3 Å². The summed E-state index contributed by atoms with van der Waals surface area (Å²) in [6.07, 6.45) is 6.90. The Kier molecular flexibility index (Phi) is 6.07. The molecule has 0 N–H and O–H groups in total. The second-order valence-corrected chi connectivity index (χ2v) is 10.6. The lowest BCUT2D eigenvalue weighted by Gasteiger charge is -2.19. The van der Waals surface area contributed by atoms with Crippen LogP contribution in [0, 0.1) is 0 Å². The number of allylic oxidation sites excluding steroid dienone is 1. The molecule has 0 radical (unpaired) electrons. The summed E-state index contributed by atoms with van der Waals surface area (Å²) in [6.45, 7) is 4.66. The molecule has 2 nitrogen and oxygen atoms in total. The topological polar surface area (TPSA) is 16.4 Å². The van der Waals surface area contributed by atoms with E-state index in [1.54, 1.807) is 0 Å². The molecule has 34 heavy (non-hydrogen) atoms. The minimum atomic E-state index is 0.704. The molecule has 0 spiro atoms. The molecule has 0 unspecified atom stereocenters. The van der Waals surface area contributed by atoms with Gasteiger partial charge < -0.3 is 9.32 Å². The van der Waals surface area contributed by atoms with Crippen LogP contribution in [0.15, 0.2) is 88.2 Å². The molecular formula is C31H31NOS. The largest absolute Gasteiger partial charge is 0.461 e. The second kappa shape index (κ2) is 9.48. The van der Waals surface area contributed by atoms with E-state index in [1.165, 1.54) is 57.5 Å². The summed E-state index contributed by atoms with van der Waals surface area (Å²) >= 11 is 1.94. The van der Waals surface area contributed by atoms with Gasteiger partial charge >= 0.3 is 0 Å². The van der Waals surface area contributed by atoms with Crippen LogP contribution in [0.1, 0.15) is 47.8 Å². The summed E-state index contributed by atoms with van der Waals surface area (Å²) in [5.74, 6) is 2.12. The molecule has 1 saturated heterocycles. The first-order valence-electron chi connectivity index (χ1n) is 12.5. The first-order valence-corrected chi connectivity index (χ1v) is 13.5. The van der Waals surface area contributed by atoms with E-state index in [2.05, 4.69) is 90.7 Å². The molecule has 1 fully saturated rings. The minimum Gasteiger partial charge on any atom is -0.461 e. The third-order valence-corrected chi connectivity index (χ3v) is 8.53. The van der Waals surface area contributed by atoms with Crippen molar-refractivity contribution in [1.82, 2.24) is 4.90 Å². The molecule has 3 heteroatoms. The van der Waals surface area contributed by atoms with Crippen LogP contribution in [0.5, 0.6) is 0 Å². The van der Waals surface area contributed by atoms with Crippen molar-refractivity contribution in [3.63, 3.8) is 0 Å². The van der Waals surface area contributed by atoms with Crippen molar-refractivity contribution < 1.29 is 4.42 Å². The number of para-hydroxylation sites is 1. The van der Waals surface area contributed by atoms with Crippen LogP contribution < -0.4 is 0 Å². The highest BCUT2D eigenvalue weighted by Gasteiger charge is 2.21. The van der Waals surface area contributed by atoms with Crippen molar-refractivity contribution in [3.8, 4) is 0 Å². The molecular weight excluding hydrogens is 434 g/mol. The molecule has 1 aromatic heterocycles. The minimum absolute atomic E-state index is 0.704. The summed E-state index contributed by atoms with van der Waals surface area (Å²) < 4.78 is 6.44. The van der Waals surface area contributed by atoms with Gasteiger partial charge in [0.05, 0.1) is 0 Å². The van der Waals surface area contributed by atoms with Crippen LogP contribution in [0.2, 0.25) is 0 Å². The van der Waals surface area contributed by atoms with Gasteiger partial charge in [-0.3, -0.25) is 0 Å². The fourth-order valence-electron chi connectivity index (χ4n) is 5.50. The van der Waals surface area contributed by atoms with E-state index in [-0.39, 0.29) is 0 Å². The highest BCUT2D eigenvalue weighted by Crippen LogP contribution is 2.40. The van der Waals surface area contributed by atoms with Gasteiger partial charge in [0, 0.05) is 35.0 Å². The van der Waals surface area contributed by atoms with E-state index < -0.39 is 0 Å². The van der Waals surface area contributed by atoms with Gasteiger partial charge in [-0.1, -0.05) is 66.7 Å². The molecule has 0 saturated carbocycles. The smallest absolute Gasteiger partial charge is 0.137 e. The zero-order valence-corrected chi connectivity index (χ0v) is 20.6. The van der Waals surface area contributed by atoms with E-state index in [1.807, 2.05) is 11.8 Å². The first kappa shape index (κ1) is 21.8. The Morgan fingerprint density at radius 3 is 2.74 bits per heavy atom. The van der Waals surface area contributed by atoms with Crippen LogP contribution in [0.25, 0.3) is 16.5 Å². The fourth-order valence-corrected chi connectivity index (χ4v) is 6.57. The average molecular weight is 466 g/mol. The van der Waals surface area contributed by atoms with Gasteiger partial charge in [-0.15, -0.1) is 11.8 Å². The van der Waals surface area contributed by atoms with Crippen molar-refractivity contribution in [3.05, 3.63) is 107 Å². The summed E-state index contributed by atoms with van der Waals surface area (Å²) in [5.41, 5.74) is 7.75. The lowest BCUT2D eigenvalue weighted by Crippen LogP contribution is -2.28. The number of hydrogen-bond acceptors (Lipinski definition) is 3. The van der Waals surface area contributed by atoms with Crippen molar-refractivity contribution in [2.75, 3.05) is 13.1 Å². The highest BCUT2D eigenvalue weighted by atomic mass is 32.2. The number of likely N-dealkylation sites (tertiary alicyclic amines) is 1. The quantitative estimate of drug-likeness (QED) is 0.300. The number of thioether (sulfide) groups is 1. The lowest BCUT2D eigenvalue weighted by atomic mass is 9.93. The van der Waals surface area contributed by atoms with Crippen molar-refractivity contribution in [2.24, 2.45) is 0 Å². The van der Waals surface area contributed by atoms with Crippen molar-refractivity contribution in [2.45, 2.75) is 49.3 Å². The summed E-state index contributed by atoms with van der Waals surface area (Å²) in [6, 6.07) is 27.2. The molecule has 3 heterocycles. The molecule has 0 bridgehead atoms. The lowest BCUT2D eigenvalue weighted by molar-refractivity contribution is 0.266. The van der Waals surface area contributed by atoms with E-state index in [4.69, 9.17) is 4.42 Å². The van der Waals surface area contributed by atoms with Gasteiger partial charge in [-0.05, 0) is 72.7 Å². The van der Waals surface area contributed by atoms with Gasteiger partial charge in [0.15, 0.2) is 0 Å². The summed E-state index contributed by atoms with van der Waals surface area (Å²) in [7, 11) is 0. The van der Waals surface area contributed by atoms with Gasteiger partial charge in [0.2, 0.25) is 0 Å². The Morgan fingerprint density at radius 1 is 1.00 bits per heavy atom. The normalized spacial score (nSPS) is 19.3. The number of furan rings is 1. The Balaban J connectivity index is 1.32. The third-order valence-electron chi connectivity index (χ3n) is 7.41. The maximum atomic E-state index is 6.44. The molecule has 3 aromatic carbocycles. The van der Waals surface area contributed by atoms with Crippen LogP contribution >= 0.6 is 11.8 Å². The number of fused-ring (bicyclic) bond motifs is 3. The Labute approximate surface area is 206 Å². The SMILES string of the molecule is C[C@@H]1CCCN1CCc1cc2cccc(CC=C3c4ccccc4CSc4ccccc43)c2o1. The zero-order valence-electron chi connectivity index (χ0n) is 19.8. The zero-order chi connectivity index (χ0) is 22.9. The van der Waals surface area contributed by atoms with E-state index in [0.29, 0.717) is 6.04 Å². The van der Waals surface area contributed by atoms with Crippen LogP contribution in [0.4, 0.5) is 0 Å². The van der Waals surface area contributed by atoms with Crippen LogP contribution in [0.3, 0.4) is 0 Å². The van der Waals surface area contributed by atoms with Crippen LogP contribution in [-0.2, 0) is 18.6 Å². The van der Waals surface area contributed by atoms with E-state index in [0.717, 1.165) is 36.5 Å². The summed E-state index contributed by atoms with van der Waals surface area (Å²) in [5, 5.41) is 1.22. The van der Waals surface area contributed by atoms with E-state index in [9.17, 15) is 0 Å². The van der Waals surface area contributed by atoms with Gasteiger partial charge in [-0.2, -0.15) is 0 Å². The van der Waals surface area contributed by atoms with Crippen molar-refractivity contribution in [1.29, 1.82) is 0 Å².